The number of nitrogens with zero attached hydrogens (tertiary/aromatic N) is 7. The molecule has 0 aromatic carbocycles. The van der Waals surface area contributed by atoms with Gasteiger partial charge >= 0.3 is 5.97 Å². The number of carbonyl (C=O) groups is 12. The fourth-order valence-corrected chi connectivity index (χ4v) is 13.6. The van der Waals surface area contributed by atoms with Crippen LogP contribution in [0.4, 0.5) is 0 Å². The zero-order valence-electron chi connectivity index (χ0n) is 64.3. The van der Waals surface area contributed by atoms with E-state index in [2.05, 4.69) is 26.6 Å². The second-order valence-electron chi connectivity index (χ2n) is 29.8. The van der Waals surface area contributed by atoms with Crippen LogP contribution in [0.15, 0.2) is 0 Å². The molecule has 1 saturated heterocycles. The van der Waals surface area contributed by atoms with Crippen LogP contribution in [0.1, 0.15) is 188 Å². The van der Waals surface area contributed by atoms with Crippen molar-refractivity contribution in [2.24, 2.45) is 41.4 Å². The molecule has 1 aliphatic heterocycles. The van der Waals surface area contributed by atoms with Gasteiger partial charge in [-0.1, -0.05) is 116 Å². The Balaban J connectivity index is 4.51. The van der Waals surface area contributed by atoms with E-state index in [-0.39, 0.29) is 74.7 Å². The molecule has 570 valence electrons. The molecule has 27 nitrogen and oxygen atoms in total. The van der Waals surface area contributed by atoms with Crippen molar-refractivity contribution in [3.8, 4) is 0 Å². The van der Waals surface area contributed by atoms with Crippen LogP contribution in [0, 0.1) is 41.4 Å². The van der Waals surface area contributed by atoms with E-state index in [0.717, 1.165) is 11.3 Å². The van der Waals surface area contributed by atoms with E-state index in [1.54, 1.807) is 41.5 Å². The topological polar surface area (TPSA) is 348 Å². The Morgan fingerprint density at radius 3 is 1.38 bits per heavy atom. The molecule has 0 spiro atoms. The summed E-state index contributed by atoms with van der Waals surface area (Å²) in [4.78, 5) is 184. The second kappa shape index (κ2) is 44.3. The highest BCUT2D eigenvalue weighted by atomic mass is 32.2. The maximum Gasteiger partial charge on any atom is 0.317 e. The largest absolute Gasteiger partial charge is 0.480 e. The van der Waals surface area contributed by atoms with Gasteiger partial charge in [0.15, 0.2) is 0 Å². The summed E-state index contributed by atoms with van der Waals surface area (Å²) in [6.45, 7) is 28.3. The lowest BCUT2D eigenvalue weighted by molar-refractivity contribution is -0.157. The first-order valence-electron chi connectivity index (χ1n) is 35.9. The van der Waals surface area contributed by atoms with Gasteiger partial charge in [-0.25, -0.2) is 0 Å². The van der Waals surface area contributed by atoms with E-state index in [1.165, 1.54) is 104 Å². The zero-order chi connectivity index (χ0) is 76.2. The normalized spacial score (nSPS) is 25.4. The van der Waals surface area contributed by atoms with E-state index < -0.39 is 161 Å². The maximum absolute atomic E-state index is 15.5. The summed E-state index contributed by atoms with van der Waals surface area (Å²) in [5.41, 5.74) is 0. The van der Waals surface area contributed by atoms with Crippen molar-refractivity contribution < 1.29 is 72.9 Å². The van der Waals surface area contributed by atoms with Gasteiger partial charge in [0.25, 0.3) is 0 Å². The number of nitrogens with one attached hydrogen (secondary N) is 5. The van der Waals surface area contributed by atoms with Crippen molar-refractivity contribution in [3.05, 3.63) is 0 Å². The molecule has 0 aromatic heterocycles. The van der Waals surface area contributed by atoms with Crippen molar-refractivity contribution in [1.82, 2.24) is 60.9 Å². The maximum atomic E-state index is 15.5. The molecular formula is C71H130N12O15S. The van der Waals surface area contributed by atoms with E-state index in [1.807, 2.05) is 55.4 Å². The predicted molar refractivity (Wildman–Crippen MR) is 385 cm³/mol. The number of carbonyl (C=O) groups excluding carboxylic acids is 11. The van der Waals surface area contributed by atoms with Gasteiger partial charge in [-0.2, -0.15) is 11.8 Å². The van der Waals surface area contributed by atoms with Crippen molar-refractivity contribution in [2.45, 2.75) is 260 Å². The van der Waals surface area contributed by atoms with E-state index >= 15 is 28.8 Å². The number of thioether (sulfide) groups is 1. The number of hydrogen-bond acceptors (Lipinski definition) is 16. The van der Waals surface area contributed by atoms with Crippen LogP contribution in [0.5, 0.6) is 0 Å². The number of hydrogen-bond donors (Lipinski definition) is 8. The molecule has 1 rings (SSSR count). The highest BCUT2D eigenvalue weighted by Gasteiger charge is 2.46. The minimum atomic E-state index is -1.68. The van der Waals surface area contributed by atoms with Gasteiger partial charge in [0.1, 0.15) is 66.5 Å². The van der Waals surface area contributed by atoms with Gasteiger partial charge in [-0.05, 0) is 125 Å². The van der Waals surface area contributed by atoms with Gasteiger partial charge < -0.3 is 76.2 Å². The number of carboxylic acids is 1. The summed E-state index contributed by atoms with van der Waals surface area (Å²) in [6.07, 6.45) is 3.03. The molecule has 8 N–H and O–H groups in total. The lowest BCUT2D eigenvalue weighted by Crippen LogP contribution is -2.64. The van der Waals surface area contributed by atoms with Crippen LogP contribution in [-0.4, -0.2) is 274 Å². The fraction of sp³-hybridized carbons (Fsp3) is 0.831. The quantitative estimate of drug-likeness (QED) is 0.0517. The molecule has 1 aliphatic rings. The fourth-order valence-electron chi connectivity index (χ4n) is 12.4. The Kier molecular flexibility index (Phi) is 40.7. The average molecular weight is 1420 g/mol. The van der Waals surface area contributed by atoms with Crippen molar-refractivity contribution in [2.75, 3.05) is 80.5 Å². The third kappa shape index (κ3) is 28.3. The molecular weight excluding hydrogens is 1290 g/mol. The minimum Gasteiger partial charge on any atom is -0.480 e. The molecule has 0 saturated carbocycles. The lowest BCUT2D eigenvalue weighted by Gasteiger charge is -2.41. The van der Waals surface area contributed by atoms with Crippen LogP contribution in [-0.2, 0) is 57.5 Å². The SMILES string of the molecule is CC[C@@H]1NC(=O)[C@H]([C@H](O)[C@H](C)CCCCCCNCC(=O)O)N(C)C(=O)[C@H](C(C)C)N(C)C(=O)[C@H](CC(C)C)N(C)C(=O)[C@H](CC(C)C)N(C)C(=O)[C@H](C)NC(=O)[C@@H](C)NC(=O)[C@@H](CC(C)C)N(C)C(=O)[C@@H](C(C)C)NC(=O)[C@H](CC(C)C)N(C)C(=O)[C@@H](CSCCCCO)N(C)C1=O. The Morgan fingerprint density at radius 1 is 0.465 bits per heavy atom. The first-order valence-corrected chi connectivity index (χ1v) is 37.1. The van der Waals surface area contributed by atoms with E-state index in [4.69, 9.17) is 5.11 Å². The van der Waals surface area contributed by atoms with Crippen molar-refractivity contribution in [1.29, 1.82) is 0 Å². The van der Waals surface area contributed by atoms with Crippen LogP contribution in [0.2, 0.25) is 0 Å². The Labute approximate surface area is 596 Å². The number of aliphatic carboxylic acids is 1. The van der Waals surface area contributed by atoms with Gasteiger partial charge in [-0.3, -0.25) is 57.5 Å². The second-order valence-corrected chi connectivity index (χ2v) is 30.9. The number of carboxylic acid groups (broad SMARTS) is 1. The highest BCUT2D eigenvalue weighted by Crippen LogP contribution is 2.27. The monoisotopic (exact) mass is 1420 g/mol. The standard InChI is InChI=1S/C71H130N12O15S/c1-24-50-66(93)81(21)55(40-99-34-30-29-33-84)69(96)77(17)52(36-42(4)5)63(90)76-57(45(10)11)70(97)78(18)51(35-41(2)3)62(89)73-48(15)61(88)74-49(16)65(92)79(19)53(37-43(6)7)67(94)80(20)54(38-44(8)9)68(95)82(22)58(46(12)13)71(98)83(23)59(64(91)75-50)60(87)47(14)31-27-25-26-28-32-72-39-56(85)86/h41-55,57-60,72,84,87H,24-40H2,1-23H3,(H,73,89)(H,74,88)(H,75,91)(H,76,90)(H,85,86)/t47-,48-,49+,50+,51-,52+,53+,54+,55-,57-,58+,59+,60-/m1/s1. The summed E-state index contributed by atoms with van der Waals surface area (Å²) in [5.74, 6) is -10.7. The predicted octanol–water partition coefficient (Wildman–Crippen LogP) is 3.80. The summed E-state index contributed by atoms with van der Waals surface area (Å²) >= 11 is 1.34. The Bertz CT molecular complexity index is 2630. The number of aliphatic hydroxyl groups is 2. The number of unbranched alkanes of at least 4 members (excludes halogenated alkanes) is 4. The lowest BCUT2D eigenvalue weighted by atomic mass is 9.90. The highest BCUT2D eigenvalue weighted by molar-refractivity contribution is 7.99. The summed E-state index contributed by atoms with van der Waals surface area (Å²) in [7, 11) is 9.96. The van der Waals surface area contributed by atoms with Crippen LogP contribution in [0.3, 0.4) is 0 Å². The summed E-state index contributed by atoms with van der Waals surface area (Å²) in [5, 5.41) is 45.2. The first-order chi connectivity index (χ1) is 46.0. The number of amides is 11. The molecule has 11 amide bonds. The first kappa shape index (κ1) is 90.9. The van der Waals surface area contributed by atoms with Crippen molar-refractivity contribution >= 4 is 82.7 Å². The number of likely N-dealkylation sites (N-methyl/N-ethyl adjacent to an activating group) is 7. The molecule has 0 bridgehead atoms. The number of aliphatic hydroxyl groups excluding tert-OH is 2. The molecule has 1 fully saturated rings. The third-order valence-electron chi connectivity index (χ3n) is 18.7. The van der Waals surface area contributed by atoms with E-state index in [9.17, 15) is 39.0 Å². The van der Waals surface area contributed by atoms with Gasteiger partial charge in [-0.15, -0.1) is 0 Å². The molecule has 0 aromatic rings. The molecule has 0 unspecified atom stereocenters. The van der Waals surface area contributed by atoms with Gasteiger partial charge in [0, 0.05) is 61.7 Å². The molecule has 13 atom stereocenters. The molecule has 99 heavy (non-hydrogen) atoms. The minimum absolute atomic E-state index is 0.0151. The smallest absolute Gasteiger partial charge is 0.317 e. The van der Waals surface area contributed by atoms with Gasteiger partial charge in [0.05, 0.1) is 12.6 Å². The Hall–Kier alpha value is -6.13. The van der Waals surface area contributed by atoms with Gasteiger partial charge in [0.2, 0.25) is 65.0 Å². The van der Waals surface area contributed by atoms with Crippen LogP contribution >= 0.6 is 11.8 Å². The molecule has 1 heterocycles. The molecule has 0 radical (unpaired) electrons. The van der Waals surface area contributed by atoms with Crippen LogP contribution in [0.25, 0.3) is 0 Å². The van der Waals surface area contributed by atoms with Crippen molar-refractivity contribution in [3.63, 3.8) is 0 Å². The molecule has 28 heteroatoms. The van der Waals surface area contributed by atoms with E-state index in [0.29, 0.717) is 50.8 Å². The zero-order valence-corrected chi connectivity index (χ0v) is 65.1. The average Bonchev–Trinajstić information content (AvgIpc) is 0.807. The number of rotatable bonds is 28. The molecule has 0 aliphatic carbocycles. The van der Waals surface area contributed by atoms with Crippen LogP contribution < -0.4 is 26.6 Å². The Morgan fingerprint density at radius 2 is 0.899 bits per heavy atom. The summed E-state index contributed by atoms with van der Waals surface area (Å²) < 4.78 is 0. The third-order valence-corrected chi connectivity index (χ3v) is 19.8. The summed E-state index contributed by atoms with van der Waals surface area (Å²) in [6, 6.07) is -14.1.